The van der Waals surface area contributed by atoms with Crippen LogP contribution in [0.3, 0.4) is 0 Å². The third-order valence-electron chi connectivity index (χ3n) is 2.87. The molecule has 2 aromatic carbocycles. The first-order valence-electron chi connectivity index (χ1n) is 6.14. The molecule has 0 aliphatic heterocycles. The van der Waals surface area contributed by atoms with Gasteiger partial charge in [-0.05, 0) is 37.4 Å². The average Bonchev–Trinajstić information content (AvgIpc) is 2.49. The molecule has 0 radical (unpaired) electrons. The smallest absolute Gasteiger partial charge is 0.255 e. The lowest BCUT2D eigenvalue weighted by atomic mass is 10.2. The molecule has 2 aromatic rings. The predicted molar refractivity (Wildman–Crippen MR) is 87.1 cm³/mol. The summed E-state index contributed by atoms with van der Waals surface area (Å²) in [6.07, 6.45) is 0. The van der Waals surface area contributed by atoms with Gasteiger partial charge in [-0.15, -0.1) is 0 Å². The normalized spacial score (nSPS) is 11.2. The van der Waals surface area contributed by atoms with Crippen molar-refractivity contribution in [2.24, 2.45) is 0 Å². The van der Waals surface area contributed by atoms with Crippen LogP contribution in [0.1, 0.15) is 10.4 Å². The van der Waals surface area contributed by atoms with Crippen LogP contribution in [0, 0.1) is 0 Å². The monoisotopic (exact) mass is 358 g/mol. The van der Waals surface area contributed by atoms with Gasteiger partial charge >= 0.3 is 0 Å². The van der Waals surface area contributed by atoms with Gasteiger partial charge in [0, 0.05) is 5.56 Å². The minimum atomic E-state index is -3.75. The maximum Gasteiger partial charge on any atom is 0.255 e. The molecule has 0 unspecified atom stereocenters. The second-order valence-electron chi connectivity index (χ2n) is 4.29. The Morgan fingerprint density at radius 2 is 1.73 bits per heavy atom. The average molecular weight is 359 g/mol. The molecule has 0 spiro atoms. The van der Waals surface area contributed by atoms with Crippen molar-refractivity contribution in [2.45, 2.75) is 4.90 Å². The highest BCUT2D eigenvalue weighted by Crippen LogP contribution is 2.24. The van der Waals surface area contributed by atoms with E-state index >= 15 is 0 Å². The Morgan fingerprint density at radius 1 is 1.05 bits per heavy atom. The molecular formula is C14H12Cl2N2O3S. The number of carbonyl (C=O) groups is 1. The fourth-order valence-corrected chi connectivity index (χ4v) is 3.15. The lowest BCUT2D eigenvalue weighted by Crippen LogP contribution is -2.20. The second-order valence-corrected chi connectivity index (χ2v) is 6.96. The van der Waals surface area contributed by atoms with Crippen LogP contribution in [0.15, 0.2) is 47.4 Å². The number of hydrogen-bond donors (Lipinski definition) is 2. The Balaban J connectivity index is 2.36. The number of halogens is 2. The van der Waals surface area contributed by atoms with E-state index in [9.17, 15) is 13.2 Å². The summed E-state index contributed by atoms with van der Waals surface area (Å²) in [7, 11) is -2.49. The second kappa shape index (κ2) is 6.66. The van der Waals surface area contributed by atoms with Crippen LogP contribution in [0.25, 0.3) is 0 Å². The summed E-state index contributed by atoms with van der Waals surface area (Å²) in [4.78, 5) is 12.1. The van der Waals surface area contributed by atoms with Crippen LogP contribution >= 0.6 is 23.2 Å². The quantitative estimate of drug-likeness (QED) is 0.881. The van der Waals surface area contributed by atoms with E-state index in [4.69, 9.17) is 23.2 Å². The minimum absolute atomic E-state index is 0.0312. The molecule has 22 heavy (non-hydrogen) atoms. The zero-order valence-corrected chi connectivity index (χ0v) is 13.8. The minimum Gasteiger partial charge on any atom is -0.321 e. The molecule has 0 saturated carbocycles. The number of anilines is 1. The molecule has 0 bridgehead atoms. The van der Waals surface area contributed by atoms with Gasteiger partial charge in [-0.25, -0.2) is 13.1 Å². The first-order valence-corrected chi connectivity index (χ1v) is 8.38. The van der Waals surface area contributed by atoms with E-state index in [0.29, 0.717) is 10.7 Å². The first kappa shape index (κ1) is 16.8. The number of nitrogens with one attached hydrogen (secondary N) is 2. The fraction of sp³-hybridized carbons (Fsp3) is 0.0714. The molecule has 0 saturated heterocycles. The standard InChI is InChI=1S/C14H12Cl2N2O3S/c1-17-22(20,21)13-8-9(6-7-11(13)16)14(19)18-12-5-3-2-4-10(12)15/h2-8,17H,1H3,(H,18,19). The molecule has 0 aromatic heterocycles. The third-order valence-corrected chi connectivity index (χ3v) is 5.10. The highest BCUT2D eigenvalue weighted by Gasteiger charge is 2.18. The zero-order chi connectivity index (χ0) is 16.3. The number of rotatable bonds is 4. The van der Waals surface area contributed by atoms with Crippen LogP contribution < -0.4 is 10.0 Å². The largest absolute Gasteiger partial charge is 0.321 e. The maximum atomic E-state index is 12.2. The summed E-state index contributed by atoms with van der Waals surface area (Å²) in [5.41, 5.74) is 0.584. The van der Waals surface area contributed by atoms with E-state index in [1.807, 2.05) is 0 Å². The van der Waals surface area contributed by atoms with Crippen LogP contribution in [-0.4, -0.2) is 21.4 Å². The molecule has 0 aliphatic rings. The molecule has 116 valence electrons. The summed E-state index contributed by atoms with van der Waals surface area (Å²) in [6.45, 7) is 0. The number of carbonyl (C=O) groups excluding carboxylic acids is 1. The maximum absolute atomic E-state index is 12.2. The molecule has 0 heterocycles. The van der Waals surface area contributed by atoms with Gasteiger partial charge in [-0.1, -0.05) is 35.3 Å². The van der Waals surface area contributed by atoms with E-state index in [2.05, 4.69) is 10.0 Å². The van der Waals surface area contributed by atoms with Crippen molar-refractivity contribution in [1.29, 1.82) is 0 Å². The van der Waals surface area contributed by atoms with Crippen molar-refractivity contribution in [3.63, 3.8) is 0 Å². The van der Waals surface area contributed by atoms with Gasteiger partial charge < -0.3 is 5.32 Å². The summed E-state index contributed by atoms with van der Waals surface area (Å²) in [5, 5.41) is 3.03. The van der Waals surface area contributed by atoms with Gasteiger partial charge in [0.05, 0.1) is 15.7 Å². The Morgan fingerprint density at radius 3 is 2.36 bits per heavy atom. The number of hydrogen-bond acceptors (Lipinski definition) is 3. The zero-order valence-electron chi connectivity index (χ0n) is 11.4. The molecule has 0 fully saturated rings. The Bertz CT molecular complexity index is 823. The van der Waals surface area contributed by atoms with E-state index in [1.54, 1.807) is 24.3 Å². The van der Waals surface area contributed by atoms with Crippen molar-refractivity contribution in [1.82, 2.24) is 4.72 Å². The molecule has 8 heteroatoms. The van der Waals surface area contributed by atoms with E-state index in [1.165, 1.54) is 25.2 Å². The van der Waals surface area contributed by atoms with Crippen molar-refractivity contribution in [3.8, 4) is 0 Å². The first-order chi connectivity index (χ1) is 10.3. The molecule has 2 N–H and O–H groups in total. The SMILES string of the molecule is CNS(=O)(=O)c1cc(C(=O)Nc2ccccc2Cl)ccc1Cl. The van der Waals surface area contributed by atoms with E-state index < -0.39 is 15.9 Å². The summed E-state index contributed by atoms with van der Waals surface area (Å²) in [5.74, 6) is -0.489. The Hall–Kier alpha value is -1.60. The third kappa shape index (κ3) is 3.59. The van der Waals surface area contributed by atoms with E-state index in [0.717, 1.165) is 0 Å². The number of sulfonamides is 1. The van der Waals surface area contributed by atoms with Crippen LogP contribution in [0.5, 0.6) is 0 Å². The number of benzene rings is 2. The van der Waals surface area contributed by atoms with Crippen LogP contribution in [0.4, 0.5) is 5.69 Å². The topological polar surface area (TPSA) is 75.3 Å². The molecule has 0 aliphatic carbocycles. The van der Waals surface area contributed by atoms with Gasteiger partial charge in [0.2, 0.25) is 10.0 Å². The molecule has 5 nitrogen and oxygen atoms in total. The molecule has 2 rings (SSSR count). The number of para-hydroxylation sites is 1. The van der Waals surface area contributed by atoms with Crippen molar-refractivity contribution in [2.75, 3.05) is 12.4 Å². The lowest BCUT2D eigenvalue weighted by Gasteiger charge is -2.09. The summed E-state index contributed by atoms with van der Waals surface area (Å²) >= 11 is 11.8. The highest BCUT2D eigenvalue weighted by atomic mass is 35.5. The van der Waals surface area contributed by atoms with Crippen LogP contribution in [0.2, 0.25) is 10.0 Å². The summed E-state index contributed by atoms with van der Waals surface area (Å²) < 4.78 is 25.9. The molecule has 1 amide bonds. The predicted octanol–water partition coefficient (Wildman–Crippen LogP) is 3.15. The molecular weight excluding hydrogens is 347 g/mol. The van der Waals surface area contributed by atoms with Gasteiger partial charge in [0.15, 0.2) is 0 Å². The van der Waals surface area contributed by atoms with Gasteiger partial charge in [-0.3, -0.25) is 4.79 Å². The Kier molecular flexibility index (Phi) is 5.08. The van der Waals surface area contributed by atoms with E-state index in [-0.39, 0.29) is 15.5 Å². The van der Waals surface area contributed by atoms with Crippen molar-refractivity contribution in [3.05, 3.63) is 58.1 Å². The number of amides is 1. The van der Waals surface area contributed by atoms with Crippen molar-refractivity contribution < 1.29 is 13.2 Å². The van der Waals surface area contributed by atoms with Gasteiger partial charge in [0.25, 0.3) is 5.91 Å². The highest BCUT2D eigenvalue weighted by molar-refractivity contribution is 7.89. The molecule has 0 atom stereocenters. The van der Waals surface area contributed by atoms with Gasteiger partial charge in [-0.2, -0.15) is 0 Å². The van der Waals surface area contributed by atoms with Crippen molar-refractivity contribution >= 4 is 44.8 Å². The fourth-order valence-electron chi connectivity index (χ4n) is 1.72. The summed E-state index contributed by atoms with van der Waals surface area (Å²) in [6, 6.07) is 10.7. The Labute approximate surface area is 138 Å². The van der Waals surface area contributed by atoms with Crippen LogP contribution in [-0.2, 0) is 10.0 Å². The lowest BCUT2D eigenvalue weighted by molar-refractivity contribution is 0.102. The van der Waals surface area contributed by atoms with Gasteiger partial charge in [0.1, 0.15) is 4.90 Å².